The zero-order chi connectivity index (χ0) is 6.85. The van der Waals surface area contributed by atoms with Crippen LogP contribution in [0.1, 0.15) is 40.0 Å². The molecule has 0 nitrogen and oxygen atoms in total. The van der Waals surface area contributed by atoms with Crippen LogP contribution in [0.3, 0.4) is 0 Å². The summed E-state index contributed by atoms with van der Waals surface area (Å²) in [6.07, 6.45) is 4.35. The Kier molecular flexibility index (Phi) is 2.15. The van der Waals surface area contributed by atoms with E-state index in [1.54, 1.807) is 5.92 Å². The molecule has 0 N–H and O–H groups in total. The standard InChI is InChI=1S/C9H17/c1-7(2)9-5-4-8(3)6-9/h8-9H,4-6H2,1-3H3. The van der Waals surface area contributed by atoms with Gasteiger partial charge in [-0.1, -0.05) is 27.2 Å². The maximum atomic E-state index is 2.36. The predicted octanol–water partition coefficient (Wildman–Crippen LogP) is 3.04. The summed E-state index contributed by atoms with van der Waals surface area (Å²) in [5.41, 5.74) is 0. The fraction of sp³-hybridized carbons (Fsp3) is 0.889. The van der Waals surface area contributed by atoms with Gasteiger partial charge >= 0.3 is 0 Å². The highest BCUT2D eigenvalue weighted by atomic mass is 14.3. The van der Waals surface area contributed by atoms with Crippen molar-refractivity contribution in [1.82, 2.24) is 0 Å². The van der Waals surface area contributed by atoms with Crippen molar-refractivity contribution in [2.24, 2.45) is 11.8 Å². The molecule has 0 aliphatic heterocycles. The molecular weight excluding hydrogens is 108 g/mol. The van der Waals surface area contributed by atoms with E-state index in [1.165, 1.54) is 19.3 Å². The first-order valence-corrected chi connectivity index (χ1v) is 4.00. The highest BCUT2D eigenvalue weighted by molar-refractivity contribution is 4.91. The Balaban J connectivity index is 2.30. The van der Waals surface area contributed by atoms with Crippen LogP contribution in [-0.2, 0) is 0 Å². The molecule has 0 aromatic carbocycles. The van der Waals surface area contributed by atoms with Crippen LogP contribution in [0, 0.1) is 17.8 Å². The molecule has 1 fully saturated rings. The molecule has 1 rings (SSSR count). The van der Waals surface area contributed by atoms with Crippen molar-refractivity contribution in [2.45, 2.75) is 40.0 Å². The van der Waals surface area contributed by atoms with Gasteiger partial charge in [0.1, 0.15) is 0 Å². The van der Waals surface area contributed by atoms with Crippen LogP contribution in [0.4, 0.5) is 0 Å². The van der Waals surface area contributed by atoms with E-state index in [9.17, 15) is 0 Å². The lowest BCUT2D eigenvalue weighted by molar-refractivity contribution is 0.531. The maximum absolute atomic E-state index is 2.36. The Bertz CT molecular complexity index is 84.0. The van der Waals surface area contributed by atoms with E-state index in [4.69, 9.17) is 0 Å². The monoisotopic (exact) mass is 125 g/mol. The Morgan fingerprint density at radius 3 is 2.11 bits per heavy atom. The van der Waals surface area contributed by atoms with Crippen LogP contribution in [0.15, 0.2) is 0 Å². The van der Waals surface area contributed by atoms with Crippen molar-refractivity contribution in [1.29, 1.82) is 0 Å². The fourth-order valence-electron chi connectivity index (χ4n) is 1.73. The van der Waals surface area contributed by atoms with Gasteiger partial charge in [0.25, 0.3) is 0 Å². The molecule has 53 valence electrons. The average Bonchev–Trinajstić information content (AvgIpc) is 2.14. The van der Waals surface area contributed by atoms with E-state index in [0.717, 1.165) is 11.8 Å². The van der Waals surface area contributed by atoms with Crippen molar-refractivity contribution in [3.63, 3.8) is 0 Å². The minimum Gasteiger partial charge on any atom is -0.0625 e. The molecule has 2 unspecified atom stereocenters. The molecule has 1 radical (unpaired) electrons. The van der Waals surface area contributed by atoms with E-state index in [-0.39, 0.29) is 0 Å². The number of rotatable bonds is 1. The van der Waals surface area contributed by atoms with Gasteiger partial charge < -0.3 is 0 Å². The molecule has 9 heavy (non-hydrogen) atoms. The van der Waals surface area contributed by atoms with E-state index in [1.807, 2.05) is 0 Å². The summed E-state index contributed by atoms with van der Waals surface area (Å²) in [6, 6.07) is 0. The van der Waals surface area contributed by atoms with Crippen molar-refractivity contribution < 1.29 is 0 Å². The normalized spacial score (nSPS) is 36.0. The van der Waals surface area contributed by atoms with Gasteiger partial charge in [-0.3, -0.25) is 0 Å². The Labute approximate surface area is 58.7 Å². The molecule has 0 saturated heterocycles. The third-order valence-corrected chi connectivity index (χ3v) is 2.51. The first-order chi connectivity index (χ1) is 4.20. The highest BCUT2D eigenvalue weighted by Gasteiger charge is 2.23. The van der Waals surface area contributed by atoms with Crippen LogP contribution >= 0.6 is 0 Å². The number of hydrogen-bond acceptors (Lipinski definition) is 0. The minimum absolute atomic E-state index is 0.958. The fourth-order valence-corrected chi connectivity index (χ4v) is 1.73. The summed E-state index contributed by atoms with van der Waals surface area (Å²) in [4.78, 5) is 0. The largest absolute Gasteiger partial charge is 0.0625 e. The van der Waals surface area contributed by atoms with Crippen molar-refractivity contribution >= 4 is 0 Å². The molecule has 0 heteroatoms. The summed E-state index contributed by atoms with van der Waals surface area (Å²) < 4.78 is 0. The first-order valence-electron chi connectivity index (χ1n) is 4.00. The minimum atomic E-state index is 0.958. The zero-order valence-corrected chi connectivity index (χ0v) is 6.78. The molecule has 0 heterocycles. The third kappa shape index (κ3) is 1.70. The second-order valence-electron chi connectivity index (χ2n) is 3.69. The SMILES string of the molecule is C[C](C)C1CCC(C)C1. The molecule has 2 atom stereocenters. The average molecular weight is 125 g/mol. The quantitative estimate of drug-likeness (QED) is 0.505. The molecule has 0 amide bonds. The molecule has 1 saturated carbocycles. The zero-order valence-electron chi connectivity index (χ0n) is 6.78. The summed E-state index contributed by atoms with van der Waals surface area (Å²) in [5.74, 6) is 3.59. The van der Waals surface area contributed by atoms with Crippen LogP contribution < -0.4 is 0 Å². The van der Waals surface area contributed by atoms with Gasteiger partial charge in [-0.05, 0) is 30.6 Å². The van der Waals surface area contributed by atoms with Gasteiger partial charge in [0, 0.05) is 0 Å². The van der Waals surface area contributed by atoms with Crippen molar-refractivity contribution in [3.8, 4) is 0 Å². The summed E-state index contributed by atoms with van der Waals surface area (Å²) in [6.45, 7) is 6.90. The van der Waals surface area contributed by atoms with Crippen molar-refractivity contribution in [2.75, 3.05) is 0 Å². The third-order valence-electron chi connectivity index (χ3n) is 2.51. The molecule has 0 bridgehead atoms. The summed E-state index contributed by atoms with van der Waals surface area (Å²) in [7, 11) is 0. The van der Waals surface area contributed by atoms with E-state index < -0.39 is 0 Å². The Morgan fingerprint density at radius 2 is 1.89 bits per heavy atom. The van der Waals surface area contributed by atoms with Crippen LogP contribution in [-0.4, -0.2) is 0 Å². The van der Waals surface area contributed by atoms with E-state index >= 15 is 0 Å². The smallest absolute Gasteiger partial charge is 0.0272 e. The van der Waals surface area contributed by atoms with Crippen molar-refractivity contribution in [3.05, 3.63) is 5.92 Å². The second kappa shape index (κ2) is 2.72. The van der Waals surface area contributed by atoms with Gasteiger partial charge in [0.2, 0.25) is 0 Å². The van der Waals surface area contributed by atoms with Gasteiger partial charge in [-0.2, -0.15) is 0 Å². The lowest BCUT2D eigenvalue weighted by atomic mass is 9.94. The van der Waals surface area contributed by atoms with Crippen LogP contribution in [0.5, 0.6) is 0 Å². The lowest BCUT2D eigenvalue weighted by Crippen LogP contribution is -2.00. The van der Waals surface area contributed by atoms with Crippen LogP contribution in [0.25, 0.3) is 0 Å². The van der Waals surface area contributed by atoms with E-state index in [0.29, 0.717) is 0 Å². The molecule has 0 aromatic rings. The molecule has 0 spiro atoms. The molecule has 1 aliphatic carbocycles. The summed E-state index contributed by atoms with van der Waals surface area (Å²) >= 11 is 0. The highest BCUT2D eigenvalue weighted by Crippen LogP contribution is 2.35. The Morgan fingerprint density at radius 1 is 1.22 bits per heavy atom. The molecule has 1 aliphatic rings. The maximum Gasteiger partial charge on any atom is -0.0272 e. The van der Waals surface area contributed by atoms with Gasteiger partial charge in [-0.15, -0.1) is 0 Å². The number of hydrogen-bond donors (Lipinski definition) is 0. The predicted molar refractivity (Wildman–Crippen MR) is 41.1 cm³/mol. The molecule has 0 aromatic heterocycles. The Hall–Kier alpha value is 0. The van der Waals surface area contributed by atoms with Crippen LogP contribution in [0.2, 0.25) is 0 Å². The topological polar surface area (TPSA) is 0 Å². The lowest BCUT2D eigenvalue weighted by Gasteiger charge is -2.11. The van der Waals surface area contributed by atoms with Gasteiger partial charge in [0.05, 0.1) is 0 Å². The van der Waals surface area contributed by atoms with Gasteiger partial charge in [0.15, 0.2) is 0 Å². The second-order valence-corrected chi connectivity index (χ2v) is 3.69. The molecular formula is C9H17. The first kappa shape index (κ1) is 7.11. The van der Waals surface area contributed by atoms with Gasteiger partial charge in [-0.25, -0.2) is 0 Å². The van der Waals surface area contributed by atoms with E-state index in [2.05, 4.69) is 20.8 Å². The summed E-state index contributed by atoms with van der Waals surface area (Å²) in [5, 5.41) is 0.